The van der Waals surface area contributed by atoms with Crippen LogP contribution in [0.2, 0.25) is 0 Å². The maximum Gasteiger partial charge on any atom is 0.295 e. The molecular weight excluding hydrogens is 460 g/mol. The number of nitrogens with zero attached hydrogens (tertiary/aromatic N) is 2. The Kier molecular flexibility index (Phi) is 9.36. The Morgan fingerprint density at radius 2 is 1.75 bits per heavy atom. The highest BCUT2D eigenvalue weighted by Crippen LogP contribution is 2.45. The Bertz CT molecular complexity index is 1090. The Balaban J connectivity index is 2.08. The van der Waals surface area contributed by atoms with Crippen LogP contribution in [0.25, 0.3) is 5.76 Å². The lowest BCUT2D eigenvalue weighted by atomic mass is 9.94. The van der Waals surface area contributed by atoms with Crippen LogP contribution in [0.5, 0.6) is 17.2 Å². The highest BCUT2D eigenvalue weighted by atomic mass is 16.5. The van der Waals surface area contributed by atoms with Crippen LogP contribution in [0.4, 0.5) is 0 Å². The van der Waals surface area contributed by atoms with Gasteiger partial charge in [0.25, 0.3) is 11.7 Å². The fourth-order valence-corrected chi connectivity index (χ4v) is 4.32. The molecule has 1 heterocycles. The number of benzene rings is 2. The Morgan fingerprint density at radius 3 is 2.36 bits per heavy atom. The molecule has 8 heteroatoms. The van der Waals surface area contributed by atoms with Crippen molar-refractivity contribution >= 4 is 17.4 Å². The number of hydrogen-bond donors (Lipinski definition) is 1. The van der Waals surface area contributed by atoms with Crippen LogP contribution in [0, 0.1) is 0 Å². The average Bonchev–Trinajstić information content (AvgIpc) is 3.13. The van der Waals surface area contributed by atoms with E-state index < -0.39 is 17.7 Å². The van der Waals surface area contributed by atoms with Crippen molar-refractivity contribution in [3.05, 3.63) is 59.2 Å². The fourth-order valence-electron chi connectivity index (χ4n) is 4.32. The van der Waals surface area contributed by atoms with E-state index in [0.717, 1.165) is 19.4 Å². The van der Waals surface area contributed by atoms with Gasteiger partial charge in [-0.2, -0.15) is 0 Å². The number of carbonyl (C=O) groups is 2. The van der Waals surface area contributed by atoms with Gasteiger partial charge in [-0.25, -0.2) is 0 Å². The topological polar surface area (TPSA) is 88.5 Å². The molecule has 8 nitrogen and oxygen atoms in total. The number of aliphatic hydroxyl groups is 1. The number of unbranched alkanes of at least 4 members (excludes halogenated alkanes) is 1. The van der Waals surface area contributed by atoms with Crippen LogP contribution in [0.1, 0.15) is 43.4 Å². The van der Waals surface area contributed by atoms with Gasteiger partial charge in [0.1, 0.15) is 11.5 Å². The summed E-state index contributed by atoms with van der Waals surface area (Å²) >= 11 is 0. The van der Waals surface area contributed by atoms with Crippen molar-refractivity contribution in [2.75, 3.05) is 48.0 Å². The van der Waals surface area contributed by atoms with E-state index in [-0.39, 0.29) is 11.3 Å². The first kappa shape index (κ1) is 27.1. The molecule has 0 spiro atoms. The van der Waals surface area contributed by atoms with E-state index in [1.807, 2.05) is 19.0 Å². The summed E-state index contributed by atoms with van der Waals surface area (Å²) in [6, 6.07) is 11.4. The summed E-state index contributed by atoms with van der Waals surface area (Å²) < 4.78 is 16.8. The first-order valence-corrected chi connectivity index (χ1v) is 12.2. The maximum absolute atomic E-state index is 13.3. The first-order valence-electron chi connectivity index (χ1n) is 12.2. The van der Waals surface area contributed by atoms with Crippen molar-refractivity contribution in [1.82, 2.24) is 9.80 Å². The van der Waals surface area contributed by atoms with Crippen LogP contribution in [0.3, 0.4) is 0 Å². The van der Waals surface area contributed by atoms with Gasteiger partial charge in [-0.15, -0.1) is 0 Å². The molecule has 1 atom stereocenters. The molecule has 2 aromatic carbocycles. The molecule has 1 aliphatic rings. The fraction of sp³-hybridized carbons (Fsp3) is 0.429. The molecule has 1 aliphatic heterocycles. The second kappa shape index (κ2) is 12.4. The van der Waals surface area contributed by atoms with Crippen molar-refractivity contribution in [3.63, 3.8) is 0 Å². The van der Waals surface area contributed by atoms with E-state index >= 15 is 0 Å². The molecule has 0 bridgehead atoms. The van der Waals surface area contributed by atoms with Crippen molar-refractivity contribution in [3.8, 4) is 17.2 Å². The third kappa shape index (κ3) is 5.82. The van der Waals surface area contributed by atoms with Gasteiger partial charge in [0.2, 0.25) is 0 Å². The van der Waals surface area contributed by atoms with Gasteiger partial charge in [0.05, 0.1) is 32.4 Å². The van der Waals surface area contributed by atoms with E-state index in [2.05, 4.69) is 6.92 Å². The molecule has 36 heavy (non-hydrogen) atoms. The number of ketones is 1. The van der Waals surface area contributed by atoms with Gasteiger partial charge in [0, 0.05) is 17.7 Å². The van der Waals surface area contributed by atoms with Crippen LogP contribution >= 0.6 is 0 Å². The number of amides is 1. The second-order valence-corrected chi connectivity index (χ2v) is 8.96. The number of aliphatic hydroxyl groups excluding tert-OH is 1. The molecule has 0 aromatic heterocycles. The van der Waals surface area contributed by atoms with Gasteiger partial charge < -0.3 is 29.1 Å². The molecule has 3 rings (SSSR count). The highest BCUT2D eigenvalue weighted by molar-refractivity contribution is 6.46. The van der Waals surface area contributed by atoms with Crippen LogP contribution in [-0.4, -0.2) is 74.6 Å². The van der Waals surface area contributed by atoms with E-state index in [1.165, 1.54) is 19.1 Å². The molecule has 1 fully saturated rings. The third-order valence-electron chi connectivity index (χ3n) is 6.17. The standard InChI is InChI=1S/C28H36N2O6/c1-6-7-18-36-20-14-12-19(13-15-20)25(31)23-24(21-10-8-11-22(34-4)27(21)35-5)30(28(33)26(23)32)17-9-16-29(2)3/h8,10-15,24,31H,6-7,9,16-18H2,1-5H3/b25-23-. The summed E-state index contributed by atoms with van der Waals surface area (Å²) in [7, 11) is 6.94. The van der Waals surface area contributed by atoms with E-state index in [1.54, 1.807) is 42.5 Å². The summed E-state index contributed by atoms with van der Waals surface area (Å²) in [5.74, 6) is -0.0497. The lowest BCUT2D eigenvalue weighted by molar-refractivity contribution is -0.140. The minimum atomic E-state index is -0.822. The molecule has 1 saturated heterocycles. The molecular formula is C28H36N2O6. The number of ether oxygens (including phenoxy) is 3. The molecule has 1 amide bonds. The zero-order valence-corrected chi connectivity index (χ0v) is 21.7. The SMILES string of the molecule is CCCCOc1ccc(/C(O)=C2/C(=O)C(=O)N(CCCN(C)C)C2c2cccc(OC)c2OC)cc1. The van der Waals surface area contributed by atoms with E-state index in [0.29, 0.717) is 47.9 Å². The number of hydrogen-bond acceptors (Lipinski definition) is 7. The third-order valence-corrected chi connectivity index (χ3v) is 6.17. The summed E-state index contributed by atoms with van der Waals surface area (Å²) in [5.41, 5.74) is 1.02. The van der Waals surface area contributed by atoms with Crippen molar-refractivity contribution in [1.29, 1.82) is 0 Å². The quantitative estimate of drug-likeness (QED) is 0.203. The largest absolute Gasteiger partial charge is 0.507 e. The van der Waals surface area contributed by atoms with Crippen LogP contribution < -0.4 is 14.2 Å². The summed E-state index contributed by atoms with van der Waals surface area (Å²) in [4.78, 5) is 30.0. The minimum absolute atomic E-state index is 0.0241. The molecule has 1 N–H and O–H groups in total. The number of methoxy groups -OCH3 is 2. The summed E-state index contributed by atoms with van der Waals surface area (Å²) in [6.07, 6.45) is 2.63. The van der Waals surface area contributed by atoms with Gasteiger partial charge in [-0.05, 0) is 63.8 Å². The highest BCUT2D eigenvalue weighted by Gasteiger charge is 2.47. The Hall–Kier alpha value is -3.52. The maximum atomic E-state index is 13.3. The van der Waals surface area contributed by atoms with Crippen molar-refractivity contribution < 1.29 is 28.9 Å². The number of Topliss-reactive ketones (excluding diaryl/α,β-unsaturated/α-hetero) is 1. The molecule has 2 aromatic rings. The zero-order valence-electron chi connectivity index (χ0n) is 21.7. The average molecular weight is 497 g/mol. The summed E-state index contributed by atoms with van der Waals surface area (Å²) in [5, 5.41) is 11.3. The molecule has 0 radical (unpaired) electrons. The zero-order chi connectivity index (χ0) is 26.2. The smallest absolute Gasteiger partial charge is 0.295 e. The lowest BCUT2D eigenvalue weighted by Crippen LogP contribution is -2.32. The Morgan fingerprint density at radius 1 is 1.03 bits per heavy atom. The van der Waals surface area contributed by atoms with Gasteiger partial charge >= 0.3 is 0 Å². The number of para-hydroxylation sites is 1. The number of rotatable bonds is 12. The molecule has 0 saturated carbocycles. The van der Waals surface area contributed by atoms with Crippen LogP contribution in [-0.2, 0) is 9.59 Å². The predicted molar refractivity (Wildman–Crippen MR) is 139 cm³/mol. The normalized spacial score (nSPS) is 17.1. The minimum Gasteiger partial charge on any atom is -0.507 e. The van der Waals surface area contributed by atoms with E-state index in [4.69, 9.17) is 14.2 Å². The number of carbonyl (C=O) groups excluding carboxylic acids is 2. The van der Waals surface area contributed by atoms with Crippen molar-refractivity contribution in [2.24, 2.45) is 0 Å². The lowest BCUT2D eigenvalue weighted by Gasteiger charge is -2.27. The van der Waals surface area contributed by atoms with Gasteiger partial charge in [0.15, 0.2) is 11.5 Å². The van der Waals surface area contributed by atoms with E-state index in [9.17, 15) is 14.7 Å². The summed E-state index contributed by atoms with van der Waals surface area (Å²) in [6.45, 7) is 3.78. The van der Waals surface area contributed by atoms with Gasteiger partial charge in [-0.1, -0.05) is 25.5 Å². The Labute approximate surface area is 213 Å². The van der Waals surface area contributed by atoms with Crippen molar-refractivity contribution in [2.45, 2.75) is 32.2 Å². The molecule has 194 valence electrons. The molecule has 1 unspecified atom stereocenters. The number of likely N-dealkylation sites (tertiary alicyclic amines) is 1. The van der Waals surface area contributed by atoms with Crippen LogP contribution in [0.15, 0.2) is 48.0 Å². The first-order chi connectivity index (χ1) is 17.3. The monoisotopic (exact) mass is 496 g/mol. The predicted octanol–water partition coefficient (Wildman–Crippen LogP) is 4.26. The molecule has 0 aliphatic carbocycles. The van der Waals surface area contributed by atoms with Gasteiger partial charge in [-0.3, -0.25) is 9.59 Å². The second-order valence-electron chi connectivity index (χ2n) is 8.96.